The first kappa shape index (κ1) is 10.1. The smallest absolute Gasteiger partial charge is 0.0511 e. The summed E-state index contributed by atoms with van der Waals surface area (Å²) in [4.78, 5) is 0. The van der Waals surface area contributed by atoms with E-state index in [9.17, 15) is 0 Å². The average molecular weight is 200 g/mol. The summed E-state index contributed by atoms with van der Waals surface area (Å²) in [6.45, 7) is 2.41. The normalized spacial score (nSPS) is 15.1. The summed E-state index contributed by atoms with van der Waals surface area (Å²) in [5, 5.41) is 2.40. The lowest BCUT2D eigenvalue weighted by atomic mass is 9.89. The zero-order chi connectivity index (χ0) is 10.9. The lowest BCUT2D eigenvalue weighted by molar-refractivity contribution is 0.512. The molecule has 0 aliphatic heterocycles. The summed E-state index contributed by atoms with van der Waals surface area (Å²) < 4.78 is 0. The van der Waals surface area contributed by atoms with Crippen LogP contribution in [0.1, 0.15) is 12.5 Å². The largest absolute Gasteiger partial charge is 0.328 e. The van der Waals surface area contributed by atoms with Crippen LogP contribution in [0.3, 0.4) is 0 Å². The highest BCUT2D eigenvalue weighted by molar-refractivity contribution is 5.86. The fraction of sp³-hybridized carbons (Fsp3) is 0.231. The van der Waals surface area contributed by atoms with Gasteiger partial charge in [-0.2, -0.15) is 0 Å². The van der Waals surface area contributed by atoms with Crippen molar-refractivity contribution in [3.63, 3.8) is 0 Å². The van der Waals surface area contributed by atoms with Gasteiger partial charge in [0.25, 0.3) is 0 Å². The Morgan fingerprint density at radius 1 is 1.07 bits per heavy atom. The van der Waals surface area contributed by atoms with Crippen molar-refractivity contribution in [2.45, 2.75) is 12.5 Å². The van der Waals surface area contributed by atoms with E-state index < -0.39 is 5.54 Å². The van der Waals surface area contributed by atoms with Gasteiger partial charge in [-0.1, -0.05) is 42.5 Å². The molecule has 2 rings (SSSR count). The molecule has 0 saturated carbocycles. The van der Waals surface area contributed by atoms with Crippen molar-refractivity contribution in [3.05, 3.63) is 48.0 Å². The van der Waals surface area contributed by atoms with E-state index in [0.717, 1.165) is 5.56 Å². The number of nitrogens with two attached hydrogens (primary N) is 2. The van der Waals surface area contributed by atoms with E-state index in [1.807, 2.05) is 25.1 Å². The highest BCUT2D eigenvalue weighted by Crippen LogP contribution is 2.25. The minimum absolute atomic E-state index is 0.445. The Morgan fingerprint density at radius 2 is 1.73 bits per heavy atom. The minimum atomic E-state index is -0.457. The van der Waals surface area contributed by atoms with Crippen LogP contribution >= 0.6 is 0 Å². The number of hydrogen-bond acceptors (Lipinski definition) is 2. The Labute approximate surface area is 89.9 Å². The van der Waals surface area contributed by atoms with E-state index in [2.05, 4.69) is 24.3 Å². The minimum Gasteiger partial charge on any atom is -0.328 e. The SMILES string of the molecule is C[C@@](N)(CN)c1cccc2ccccc12. The monoisotopic (exact) mass is 200 g/mol. The van der Waals surface area contributed by atoms with Crippen LogP contribution in [0.25, 0.3) is 10.8 Å². The number of benzene rings is 2. The standard InChI is InChI=1S/C13H16N2/c1-13(15,9-14)12-8-4-6-10-5-2-3-7-11(10)12/h2-8H,9,14-15H2,1H3/t13-/m1/s1. The third-order valence-corrected chi connectivity index (χ3v) is 2.83. The molecule has 0 heterocycles. The highest BCUT2D eigenvalue weighted by atomic mass is 14.8. The molecule has 78 valence electrons. The zero-order valence-electron chi connectivity index (χ0n) is 8.90. The van der Waals surface area contributed by atoms with Crippen LogP contribution in [-0.2, 0) is 5.54 Å². The summed E-state index contributed by atoms with van der Waals surface area (Å²) >= 11 is 0. The van der Waals surface area contributed by atoms with Gasteiger partial charge in [-0.05, 0) is 23.3 Å². The predicted octanol–water partition coefficient (Wildman–Crippen LogP) is 1.97. The molecular formula is C13H16N2. The van der Waals surface area contributed by atoms with Crippen LogP contribution < -0.4 is 11.5 Å². The fourth-order valence-electron chi connectivity index (χ4n) is 1.83. The van der Waals surface area contributed by atoms with Crippen molar-refractivity contribution >= 4 is 10.8 Å². The maximum absolute atomic E-state index is 6.18. The molecule has 0 radical (unpaired) electrons. The van der Waals surface area contributed by atoms with Crippen molar-refractivity contribution in [1.82, 2.24) is 0 Å². The van der Waals surface area contributed by atoms with E-state index in [4.69, 9.17) is 11.5 Å². The number of hydrogen-bond donors (Lipinski definition) is 2. The van der Waals surface area contributed by atoms with Crippen molar-refractivity contribution in [3.8, 4) is 0 Å². The van der Waals surface area contributed by atoms with Crippen molar-refractivity contribution in [2.75, 3.05) is 6.54 Å². The van der Waals surface area contributed by atoms with Crippen LogP contribution in [0, 0.1) is 0 Å². The zero-order valence-corrected chi connectivity index (χ0v) is 8.90. The van der Waals surface area contributed by atoms with Crippen molar-refractivity contribution in [1.29, 1.82) is 0 Å². The third kappa shape index (κ3) is 1.74. The Balaban J connectivity index is 2.71. The average Bonchev–Trinajstić information content (AvgIpc) is 2.28. The molecule has 1 atom stereocenters. The summed E-state index contributed by atoms with van der Waals surface area (Å²) in [7, 11) is 0. The van der Waals surface area contributed by atoms with Gasteiger partial charge in [-0.25, -0.2) is 0 Å². The maximum atomic E-state index is 6.18. The fourth-order valence-corrected chi connectivity index (χ4v) is 1.83. The molecule has 0 aliphatic carbocycles. The van der Waals surface area contributed by atoms with Crippen LogP contribution in [-0.4, -0.2) is 6.54 Å². The molecule has 2 nitrogen and oxygen atoms in total. The number of rotatable bonds is 2. The summed E-state index contributed by atoms with van der Waals surface area (Å²) in [5.74, 6) is 0. The second-order valence-corrected chi connectivity index (χ2v) is 4.15. The van der Waals surface area contributed by atoms with E-state index >= 15 is 0 Å². The summed E-state index contributed by atoms with van der Waals surface area (Å²) in [6, 6.07) is 14.4. The van der Waals surface area contributed by atoms with Crippen LogP contribution in [0.2, 0.25) is 0 Å². The van der Waals surface area contributed by atoms with Crippen LogP contribution in [0.5, 0.6) is 0 Å². The lowest BCUT2D eigenvalue weighted by Gasteiger charge is -2.24. The van der Waals surface area contributed by atoms with E-state index in [-0.39, 0.29) is 0 Å². The molecule has 0 aliphatic rings. The summed E-state index contributed by atoms with van der Waals surface area (Å²) in [6.07, 6.45) is 0. The Kier molecular flexibility index (Phi) is 2.47. The van der Waals surface area contributed by atoms with Gasteiger partial charge in [0.2, 0.25) is 0 Å². The molecule has 0 unspecified atom stereocenters. The Bertz CT molecular complexity index is 469. The first-order valence-corrected chi connectivity index (χ1v) is 5.12. The Hall–Kier alpha value is -1.38. The van der Waals surface area contributed by atoms with Gasteiger partial charge in [0.1, 0.15) is 0 Å². The van der Waals surface area contributed by atoms with E-state index in [1.165, 1.54) is 10.8 Å². The van der Waals surface area contributed by atoms with Gasteiger partial charge in [0.05, 0.1) is 5.54 Å². The van der Waals surface area contributed by atoms with E-state index in [1.54, 1.807) is 0 Å². The second kappa shape index (κ2) is 3.65. The first-order chi connectivity index (χ1) is 7.15. The van der Waals surface area contributed by atoms with Gasteiger partial charge < -0.3 is 11.5 Å². The van der Waals surface area contributed by atoms with Crippen molar-refractivity contribution in [2.24, 2.45) is 11.5 Å². The van der Waals surface area contributed by atoms with Gasteiger partial charge in [-0.3, -0.25) is 0 Å². The van der Waals surface area contributed by atoms with Gasteiger partial charge in [0, 0.05) is 6.54 Å². The maximum Gasteiger partial charge on any atom is 0.0511 e. The number of fused-ring (bicyclic) bond motifs is 1. The topological polar surface area (TPSA) is 52.0 Å². The molecule has 0 bridgehead atoms. The van der Waals surface area contributed by atoms with E-state index in [0.29, 0.717) is 6.54 Å². The van der Waals surface area contributed by atoms with Crippen LogP contribution in [0.15, 0.2) is 42.5 Å². The molecule has 15 heavy (non-hydrogen) atoms. The van der Waals surface area contributed by atoms with Gasteiger partial charge >= 0.3 is 0 Å². The lowest BCUT2D eigenvalue weighted by Crippen LogP contribution is -2.40. The van der Waals surface area contributed by atoms with Crippen LogP contribution in [0.4, 0.5) is 0 Å². The molecule has 2 aromatic carbocycles. The second-order valence-electron chi connectivity index (χ2n) is 4.15. The molecule has 4 N–H and O–H groups in total. The molecule has 0 fully saturated rings. The first-order valence-electron chi connectivity index (χ1n) is 5.12. The highest BCUT2D eigenvalue weighted by Gasteiger charge is 2.20. The summed E-state index contributed by atoms with van der Waals surface area (Å²) in [5.41, 5.74) is 12.5. The molecule has 2 heteroatoms. The Morgan fingerprint density at radius 3 is 2.47 bits per heavy atom. The molecule has 2 aromatic rings. The quantitative estimate of drug-likeness (QED) is 0.778. The third-order valence-electron chi connectivity index (χ3n) is 2.83. The predicted molar refractivity (Wildman–Crippen MR) is 64.5 cm³/mol. The molecular weight excluding hydrogens is 184 g/mol. The molecule has 0 amide bonds. The molecule has 0 saturated heterocycles. The molecule has 0 spiro atoms. The molecule has 0 aromatic heterocycles. The van der Waals surface area contributed by atoms with Crippen molar-refractivity contribution < 1.29 is 0 Å². The van der Waals surface area contributed by atoms with Gasteiger partial charge in [-0.15, -0.1) is 0 Å². The van der Waals surface area contributed by atoms with Gasteiger partial charge in [0.15, 0.2) is 0 Å².